The molecule has 0 saturated carbocycles. The summed E-state index contributed by atoms with van der Waals surface area (Å²) in [4.78, 5) is 157. The van der Waals surface area contributed by atoms with Crippen LogP contribution in [0.5, 0.6) is 11.5 Å². The van der Waals surface area contributed by atoms with Crippen LogP contribution in [0.2, 0.25) is 0 Å². The number of hydroxylamine groups is 2. The standard InChI is InChI=1S/C64H92N6O33/c1-35(71)93-47-49(95-37(3)73)53(97-39(5)75)59(101-51(47)57(79)84-11)99-45-15-13-41(33-90-61(65)81)31-43(45)55(77)67-17-22-86-24-19-70(21-26-88-27-28-89-29-30-92-69(10)63(83)103-64(7,8)9)20-25-87-23-18-68-56(78)44-32-42(34-91-62(66)82)14-16-46(44)100-60-54(98-40(6)76)50(96-38(4)74)48(94-36(2)72)52(102-60)58(80)85-12/h13-16,31-32,47-55,59-60,67,77H,17-30,33-34H2,1-12H3,(H2,65,81)(H2,66,82)(H,68,78)/t47-,48-,49-,50-,51-,52-,53+,54+,55?,59+,60+/m0/s1. The minimum Gasteiger partial charge on any atom is -0.467 e. The van der Waals surface area contributed by atoms with Gasteiger partial charge in [0.1, 0.15) is 36.5 Å². The molecule has 11 atom stereocenters. The Labute approximate surface area is 592 Å². The molecular weight excluding hydrogens is 1380 g/mol. The molecule has 2 aromatic carbocycles. The average molecular weight is 1470 g/mol. The number of aliphatic hydroxyl groups is 1. The predicted molar refractivity (Wildman–Crippen MR) is 343 cm³/mol. The fourth-order valence-electron chi connectivity index (χ4n) is 9.63. The van der Waals surface area contributed by atoms with Gasteiger partial charge in [-0.2, -0.15) is 5.06 Å². The van der Waals surface area contributed by atoms with E-state index in [1.807, 2.05) is 4.90 Å². The monoisotopic (exact) mass is 1470 g/mol. The van der Waals surface area contributed by atoms with Gasteiger partial charge < -0.3 is 112 Å². The summed E-state index contributed by atoms with van der Waals surface area (Å²) >= 11 is 0. The topological polar surface area (TPSA) is 492 Å². The molecule has 1 unspecified atom stereocenters. The molecule has 4 rings (SSSR count). The minimum atomic E-state index is -1.85. The molecule has 4 amide bonds. The van der Waals surface area contributed by atoms with Crippen molar-refractivity contribution in [1.82, 2.24) is 20.6 Å². The van der Waals surface area contributed by atoms with Gasteiger partial charge in [-0.3, -0.25) is 48.6 Å². The highest BCUT2D eigenvalue weighted by atomic mass is 16.8. The molecule has 2 aromatic rings. The van der Waals surface area contributed by atoms with Gasteiger partial charge in [0, 0.05) is 86.9 Å². The Hall–Kier alpha value is -9.32. The molecule has 0 spiro atoms. The third-order valence-electron chi connectivity index (χ3n) is 13.9. The van der Waals surface area contributed by atoms with Gasteiger partial charge in [0.05, 0.1) is 79.2 Å². The number of primary amides is 2. The van der Waals surface area contributed by atoms with E-state index in [1.165, 1.54) is 43.4 Å². The number of amides is 4. The fourth-order valence-corrected chi connectivity index (χ4v) is 9.63. The number of carbonyl (C=O) groups is 12. The number of rotatable bonds is 41. The highest BCUT2D eigenvalue weighted by Gasteiger charge is 2.57. The highest BCUT2D eigenvalue weighted by Crippen LogP contribution is 2.36. The summed E-state index contributed by atoms with van der Waals surface area (Å²) in [6.07, 6.45) is -22.1. The van der Waals surface area contributed by atoms with Crippen LogP contribution in [0.3, 0.4) is 0 Å². The van der Waals surface area contributed by atoms with E-state index < -0.39 is 152 Å². The predicted octanol–water partition coefficient (Wildman–Crippen LogP) is 0.198. The van der Waals surface area contributed by atoms with Crippen molar-refractivity contribution in [3.8, 4) is 11.5 Å². The number of methoxy groups -OCH3 is 2. The maximum atomic E-state index is 14.1. The Balaban J connectivity index is 1.48. The van der Waals surface area contributed by atoms with E-state index in [1.54, 1.807) is 20.8 Å². The first-order chi connectivity index (χ1) is 48.7. The van der Waals surface area contributed by atoms with Gasteiger partial charge in [-0.15, -0.1) is 0 Å². The number of nitrogens with one attached hydrogen (secondary N) is 2. The Bertz CT molecular complexity index is 3170. The number of hydrogen-bond donors (Lipinski definition) is 5. The molecular formula is C64H92N6O33. The first kappa shape index (κ1) is 86.1. The smallest absolute Gasteiger partial charge is 0.434 e. The van der Waals surface area contributed by atoms with Crippen molar-refractivity contribution in [2.24, 2.45) is 11.5 Å². The summed E-state index contributed by atoms with van der Waals surface area (Å²) < 4.78 is 105. The van der Waals surface area contributed by atoms with Gasteiger partial charge in [0.2, 0.25) is 24.8 Å². The Kier molecular flexibility index (Phi) is 36.4. The first-order valence-corrected chi connectivity index (χ1v) is 32.0. The highest BCUT2D eigenvalue weighted by molar-refractivity contribution is 5.97. The third kappa shape index (κ3) is 30.7. The summed E-state index contributed by atoms with van der Waals surface area (Å²) in [5, 5.41) is 18.2. The number of ether oxygens (including phenoxy) is 19. The molecule has 2 aliphatic rings. The number of nitrogens with zero attached hydrogens (tertiary/aromatic N) is 2. The second kappa shape index (κ2) is 43.6. The van der Waals surface area contributed by atoms with Crippen molar-refractivity contribution in [3.05, 3.63) is 58.7 Å². The molecule has 2 heterocycles. The molecule has 2 fully saturated rings. The van der Waals surface area contributed by atoms with Crippen molar-refractivity contribution in [2.75, 3.05) is 113 Å². The Morgan fingerprint density at radius 1 is 0.524 bits per heavy atom. The van der Waals surface area contributed by atoms with Gasteiger partial charge in [-0.1, -0.05) is 12.1 Å². The normalized spacial score (nSPS) is 20.3. The van der Waals surface area contributed by atoms with Gasteiger partial charge in [-0.25, -0.2) is 24.0 Å². The number of nitrogens with two attached hydrogens (primary N) is 2. The quantitative estimate of drug-likeness (QED) is 0.0195. The lowest BCUT2D eigenvalue weighted by Crippen LogP contribution is -2.64. The summed E-state index contributed by atoms with van der Waals surface area (Å²) in [5.41, 5.74) is 9.99. The number of carbonyl (C=O) groups excluding carboxylic acids is 12. The molecule has 0 bridgehead atoms. The molecule has 576 valence electrons. The van der Waals surface area contributed by atoms with Crippen LogP contribution in [-0.4, -0.2) is 267 Å². The van der Waals surface area contributed by atoms with Gasteiger partial charge in [0.15, 0.2) is 36.6 Å². The zero-order chi connectivity index (χ0) is 76.5. The minimum absolute atomic E-state index is 0.0107. The van der Waals surface area contributed by atoms with Crippen molar-refractivity contribution in [2.45, 2.75) is 149 Å². The Morgan fingerprint density at radius 2 is 0.922 bits per heavy atom. The van der Waals surface area contributed by atoms with Crippen LogP contribution >= 0.6 is 0 Å². The van der Waals surface area contributed by atoms with Crippen LogP contribution in [0.25, 0.3) is 0 Å². The second-order valence-corrected chi connectivity index (χ2v) is 23.2. The Morgan fingerprint density at radius 3 is 1.37 bits per heavy atom. The summed E-state index contributed by atoms with van der Waals surface area (Å²) in [7, 11) is 3.43. The van der Waals surface area contributed by atoms with Crippen LogP contribution in [-0.2, 0) is 137 Å². The third-order valence-corrected chi connectivity index (χ3v) is 13.9. The lowest BCUT2D eigenvalue weighted by molar-refractivity contribution is -0.282. The number of esters is 8. The zero-order valence-corrected chi connectivity index (χ0v) is 59.2. The molecule has 39 nitrogen and oxygen atoms in total. The first-order valence-electron chi connectivity index (χ1n) is 32.0. The van der Waals surface area contributed by atoms with Crippen LogP contribution in [0.15, 0.2) is 36.4 Å². The van der Waals surface area contributed by atoms with Crippen LogP contribution in [0.4, 0.5) is 14.4 Å². The van der Waals surface area contributed by atoms with Crippen molar-refractivity contribution >= 4 is 71.9 Å². The fraction of sp³-hybridized carbons (Fsp3) is 0.625. The SMILES string of the molecule is COC(=O)[C@H]1O[C@@H](Oc2ccc(COC(N)=O)cc2C(=O)NCCOCCN(CCOCCNC(O)c2cc(COC(N)=O)ccc2O[C@@H]2O[C@H](C(=O)OC)[C@@H](OC(C)=O)[C@H](OC(C)=O)[C@H]2OC(C)=O)CCOCCOCCON(C)C(=O)OC(C)(C)C)[C@H](OC(C)=O)[C@@H](OC(C)=O)[C@@H]1OC(C)=O. The van der Waals surface area contributed by atoms with Crippen LogP contribution < -0.4 is 31.6 Å². The molecule has 2 saturated heterocycles. The molecule has 0 aromatic heterocycles. The van der Waals surface area contributed by atoms with Crippen molar-refractivity contribution in [3.63, 3.8) is 0 Å². The molecule has 2 aliphatic heterocycles. The van der Waals surface area contributed by atoms with E-state index >= 15 is 0 Å². The largest absolute Gasteiger partial charge is 0.467 e. The molecule has 39 heteroatoms. The van der Waals surface area contributed by atoms with E-state index in [9.17, 15) is 62.6 Å². The van der Waals surface area contributed by atoms with E-state index in [0.717, 1.165) is 60.8 Å². The van der Waals surface area contributed by atoms with E-state index in [2.05, 4.69) is 10.6 Å². The second-order valence-electron chi connectivity index (χ2n) is 23.2. The summed E-state index contributed by atoms with van der Waals surface area (Å²) in [5.74, 6) is -9.03. The summed E-state index contributed by atoms with van der Waals surface area (Å²) in [6, 6.07) is 8.07. The van der Waals surface area contributed by atoms with E-state index in [0.29, 0.717) is 18.7 Å². The summed E-state index contributed by atoms with van der Waals surface area (Å²) in [6.45, 7) is 12.1. The lowest BCUT2D eigenvalue weighted by Gasteiger charge is -2.43. The van der Waals surface area contributed by atoms with Crippen LogP contribution in [0.1, 0.15) is 95.6 Å². The molecule has 103 heavy (non-hydrogen) atoms. The van der Waals surface area contributed by atoms with Gasteiger partial charge in [0.25, 0.3) is 5.91 Å². The average Bonchev–Trinajstić information content (AvgIpc) is 0.779. The lowest BCUT2D eigenvalue weighted by atomic mass is 9.97. The number of aliphatic hydroxyl groups excluding tert-OH is 1. The van der Waals surface area contributed by atoms with Gasteiger partial charge in [-0.05, 0) is 56.2 Å². The number of benzene rings is 2. The number of hydrogen-bond acceptors (Lipinski definition) is 35. The van der Waals surface area contributed by atoms with Crippen molar-refractivity contribution in [1.29, 1.82) is 0 Å². The van der Waals surface area contributed by atoms with Gasteiger partial charge >= 0.3 is 66.0 Å². The maximum absolute atomic E-state index is 14.1. The van der Waals surface area contributed by atoms with E-state index in [-0.39, 0.29) is 114 Å². The van der Waals surface area contributed by atoms with Crippen molar-refractivity contribution < 1.29 is 157 Å². The molecule has 0 radical (unpaired) electrons. The van der Waals surface area contributed by atoms with Crippen LogP contribution in [0, 0.1) is 0 Å². The maximum Gasteiger partial charge on any atom is 0.434 e. The zero-order valence-electron chi connectivity index (χ0n) is 59.2. The van der Waals surface area contributed by atoms with E-state index in [4.69, 9.17) is 106 Å². The molecule has 0 aliphatic carbocycles. The molecule has 7 N–H and O–H groups in total.